The molecular weight excluding hydrogens is 362 g/mol. The van der Waals surface area contributed by atoms with Gasteiger partial charge in [0.15, 0.2) is 0 Å². The Labute approximate surface area is 173 Å². The highest BCUT2D eigenvalue weighted by atomic mass is 16.2. The predicted molar refractivity (Wildman–Crippen MR) is 117 cm³/mol. The van der Waals surface area contributed by atoms with Crippen molar-refractivity contribution in [3.05, 3.63) is 65.2 Å². The number of piperazine rings is 1. The van der Waals surface area contributed by atoms with Crippen LogP contribution in [-0.4, -0.2) is 54.3 Å². The van der Waals surface area contributed by atoms with Crippen LogP contribution in [0.2, 0.25) is 0 Å². The molecule has 1 aliphatic rings. The molecule has 1 atom stereocenters. The van der Waals surface area contributed by atoms with Crippen molar-refractivity contribution >= 4 is 17.5 Å². The smallest absolute Gasteiger partial charge is 0.238 e. The van der Waals surface area contributed by atoms with Crippen LogP contribution < -0.4 is 5.32 Å². The SMILES string of the molecule is Cc1cccc(NC(=O)CN2CCN(C(=O)C[C@H](C)c3ccccc3)CC2)c1C. The van der Waals surface area contributed by atoms with Crippen molar-refractivity contribution in [3.63, 3.8) is 0 Å². The maximum absolute atomic E-state index is 12.6. The monoisotopic (exact) mass is 393 g/mol. The van der Waals surface area contributed by atoms with Crippen molar-refractivity contribution in [3.8, 4) is 0 Å². The Morgan fingerprint density at radius 1 is 0.966 bits per heavy atom. The number of hydrogen-bond donors (Lipinski definition) is 1. The van der Waals surface area contributed by atoms with Crippen LogP contribution in [0, 0.1) is 13.8 Å². The number of nitrogens with one attached hydrogen (secondary N) is 1. The minimum absolute atomic E-state index is 0.00354. The van der Waals surface area contributed by atoms with E-state index in [-0.39, 0.29) is 17.7 Å². The van der Waals surface area contributed by atoms with Gasteiger partial charge in [0, 0.05) is 38.3 Å². The van der Waals surface area contributed by atoms with Gasteiger partial charge in [-0.3, -0.25) is 14.5 Å². The summed E-state index contributed by atoms with van der Waals surface area (Å²) in [5.74, 6) is 0.405. The lowest BCUT2D eigenvalue weighted by Gasteiger charge is -2.35. The molecule has 0 saturated carbocycles. The molecule has 1 aliphatic heterocycles. The van der Waals surface area contributed by atoms with E-state index >= 15 is 0 Å². The van der Waals surface area contributed by atoms with Crippen LogP contribution in [0.4, 0.5) is 5.69 Å². The quantitative estimate of drug-likeness (QED) is 0.816. The Morgan fingerprint density at radius 3 is 2.34 bits per heavy atom. The number of nitrogens with zero attached hydrogens (tertiary/aromatic N) is 2. The maximum atomic E-state index is 12.6. The van der Waals surface area contributed by atoms with Crippen LogP contribution in [0.3, 0.4) is 0 Å². The summed E-state index contributed by atoms with van der Waals surface area (Å²) in [5.41, 5.74) is 4.34. The maximum Gasteiger partial charge on any atom is 0.238 e. The van der Waals surface area contributed by atoms with Gasteiger partial charge in [-0.15, -0.1) is 0 Å². The number of aryl methyl sites for hydroxylation is 1. The van der Waals surface area contributed by atoms with Gasteiger partial charge < -0.3 is 10.2 Å². The first-order chi connectivity index (χ1) is 13.9. The molecule has 0 spiro atoms. The lowest BCUT2D eigenvalue weighted by Crippen LogP contribution is -2.50. The normalized spacial score (nSPS) is 15.8. The van der Waals surface area contributed by atoms with E-state index in [1.807, 2.05) is 55.1 Å². The Morgan fingerprint density at radius 2 is 1.66 bits per heavy atom. The molecule has 2 aromatic carbocycles. The molecule has 0 aromatic heterocycles. The van der Waals surface area contributed by atoms with Crippen LogP contribution in [-0.2, 0) is 9.59 Å². The van der Waals surface area contributed by atoms with Crippen LogP contribution in [0.25, 0.3) is 0 Å². The number of anilines is 1. The molecule has 2 amide bonds. The molecule has 29 heavy (non-hydrogen) atoms. The second kappa shape index (κ2) is 9.70. The number of carbonyl (C=O) groups excluding carboxylic acids is 2. The van der Waals surface area contributed by atoms with Crippen LogP contribution in [0.1, 0.15) is 36.0 Å². The Hall–Kier alpha value is -2.66. The molecule has 0 unspecified atom stereocenters. The van der Waals surface area contributed by atoms with Crippen molar-refractivity contribution in [2.45, 2.75) is 33.1 Å². The zero-order chi connectivity index (χ0) is 20.8. The number of rotatable bonds is 6. The Kier molecular flexibility index (Phi) is 7.04. The molecule has 5 heteroatoms. The van der Waals surface area contributed by atoms with Crippen molar-refractivity contribution < 1.29 is 9.59 Å². The molecular formula is C24H31N3O2. The fraction of sp³-hybridized carbons (Fsp3) is 0.417. The van der Waals surface area contributed by atoms with E-state index in [9.17, 15) is 9.59 Å². The second-order valence-corrected chi connectivity index (χ2v) is 7.97. The van der Waals surface area contributed by atoms with Gasteiger partial charge >= 0.3 is 0 Å². The van der Waals surface area contributed by atoms with E-state index in [1.165, 1.54) is 11.1 Å². The molecule has 1 N–H and O–H groups in total. The molecule has 0 radical (unpaired) electrons. The third-order valence-electron chi connectivity index (χ3n) is 5.82. The molecule has 0 bridgehead atoms. The lowest BCUT2D eigenvalue weighted by molar-refractivity contribution is -0.133. The first kappa shape index (κ1) is 21.1. The Bertz CT molecular complexity index is 842. The molecule has 2 aromatic rings. The van der Waals surface area contributed by atoms with Gasteiger partial charge in [-0.2, -0.15) is 0 Å². The summed E-state index contributed by atoms with van der Waals surface area (Å²) in [6, 6.07) is 16.1. The van der Waals surface area contributed by atoms with E-state index in [0.29, 0.717) is 26.1 Å². The third kappa shape index (κ3) is 5.67. The highest BCUT2D eigenvalue weighted by Gasteiger charge is 2.24. The first-order valence-corrected chi connectivity index (χ1v) is 10.3. The first-order valence-electron chi connectivity index (χ1n) is 10.3. The number of benzene rings is 2. The zero-order valence-electron chi connectivity index (χ0n) is 17.6. The summed E-state index contributed by atoms with van der Waals surface area (Å²) >= 11 is 0. The predicted octanol–water partition coefficient (Wildman–Crippen LogP) is 3.58. The van der Waals surface area contributed by atoms with Gasteiger partial charge in [-0.05, 0) is 42.5 Å². The standard InChI is InChI=1S/C24H31N3O2/c1-18-8-7-11-22(20(18)3)25-23(28)17-26-12-14-27(15-13-26)24(29)16-19(2)21-9-5-4-6-10-21/h4-11,19H,12-17H2,1-3H3,(H,25,28)/t19-/m0/s1. The molecule has 154 valence electrons. The largest absolute Gasteiger partial charge is 0.340 e. The average molecular weight is 394 g/mol. The van der Waals surface area contributed by atoms with Gasteiger partial charge in [0.25, 0.3) is 0 Å². The third-order valence-corrected chi connectivity index (χ3v) is 5.82. The molecule has 1 saturated heterocycles. The van der Waals surface area contributed by atoms with Crippen LogP contribution in [0.5, 0.6) is 0 Å². The minimum Gasteiger partial charge on any atom is -0.340 e. The van der Waals surface area contributed by atoms with E-state index in [4.69, 9.17) is 0 Å². The Balaban J connectivity index is 1.44. The summed E-state index contributed by atoms with van der Waals surface area (Å²) in [5, 5.41) is 3.02. The highest BCUT2D eigenvalue weighted by molar-refractivity contribution is 5.93. The van der Waals surface area contributed by atoms with Crippen molar-refractivity contribution in [1.82, 2.24) is 9.80 Å². The molecule has 3 rings (SSSR count). The summed E-state index contributed by atoms with van der Waals surface area (Å²) in [6.07, 6.45) is 0.525. The number of carbonyl (C=O) groups is 2. The zero-order valence-corrected chi connectivity index (χ0v) is 17.6. The molecule has 0 aliphatic carbocycles. The number of amides is 2. The van der Waals surface area contributed by atoms with Gasteiger partial charge in [0.1, 0.15) is 0 Å². The second-order valence-electron chi connectivity index (χ2n) is 7.97. The van der Waals surface area contributed by atoms with Crippen LogP contribution >= 0.6 is 0 Å². The number of hydrogen-bond acceptors (Lipinski definition) is 3. The van der Waals surface area contributed by atoms with Crippen molar-refractivity contribution in [2.75, 3.05) is 38.0 Å². The van der Waals surface area contributed by atoms with E-state index in [1.54, 1.807) is 0 Å². The summed E-state index contributed by atoms with van der Waals surface area (Å²) in [7, 11) is 0. The fourth-order valence-corrected chi connectivity index (χ4v) is 3.73. The summed E-state index contributed by atoms with van der Waals surface area (Å²) < 4.78 is 0. The van der Waals surface area contributed by atoms with Gasteiger partial charge in [-0.1, -0.05) is 49.4 Å². The minimum atomic E-state index is -0.00354. The van der Waals surface area contributed by atoms with E-state index in [2.05, 4.69) is 29.3 Å². The van der Waals surface area contributed by atoms with E-state index < -0.39 is 0 Å². The summed E-state index contributed by atoms with van der Waals surface area (Å²) in [6.45, 7) is 9.33. The average Bonchev–Trinajstić information content (AvgIpc) is 2.72. The molecule has 5 nitrogen and oxygen atoms in total. The fourth-order valence-electron chi connectivity index (χ4n) is 3.73. The van der Waals surface area contributed by atoms with Gasteiger partial charge in [0.2, 0.25) is 11.8 Å². The van der Waals surface area contributed by atoms with Gasteiger partial charge in [-0.25, -0.2) is 0 Å². The lowest BCUT2D eigenvalue weighted by atomic mass is 9.97. The topological polar surface area (TPSA) is 52.7 Å². The van der Waals surface area contributed by atoms with Crippen molar-refractivity contribution in [1.29, 1.82) is 0 Å². The molecule has 1 fully saturated rings. The van der Waals surface area contributed by atoms with Gasteiger partial charge in [0.05, 0.1) is 6.54 Å². The summed E-state index contributed by atoms with van der Waals surface area (Å²) in [4.78, 5) is 29.1. The van der Waals surface area contributed by atoms with Crippen molar-refractivity contribution in [2.24, 2.45) is 0 Å². The van der Waals surface area contributed by atoms with Crippen LogP contribution in [0.15, 0.2) is 48.5 Å². The highest BCUT2D eigenvalue weighted by Crippen LogP contribution is 2.20. The molecule has 1 heterocycles. The van der Waals surface area contributed by atoms with E-state index in [0.717, 1.165) is 24.3 Å².